The van der Waals surface area contributed by atoms with E-state index in [1.807, 2.05) is 44.2 Å². The van der Waals surface area contributed by atoms with Crippen LogP contribution in [0.2, 0.25) is 0 Å². The fourth-order valence-electron chi connectivity index (χ4n) is 2.12. The summed E-state index contributed by atoms with van der Waals surface area (Å²) < 4.78 is 5.26. The lowest BCUT2D eigenvalue weighted by Gasteiger charge is -2.13. The van der Waals surface area contributed by atoms with Crippen LogP contribution in [-0.2, 0) is 9.53 Å². The Bertz CT molecular complexity index is 473. The number of benzene rings is 1. The van der Waals surface area contributed by atoms with Crippen LogP contribution in [-0.4, -0.2) is 31.2 Å². The molecule has 0 radical (unpaired) electrons. The third-order valence-corrected chi connectivity index (χ3v) is 3.06. The first-order valence-electron chi connectivity index (χ1n) is 6.86. The number of rotatable bonds is 5. The second kappa shape index (κ2) is 6.41. The van der Waals surface area contributed by atoms with Gasteiger partial charge in [-0.3, -0.25) is 9.69 Å². The lowest BCUT2D eigenvalue weighted by atomic mass is 10.1. The molecular weight excluding hydrogens is 256 g/mol. The SMILES string of the molecule is CC(C)CC(=O)NCC1CN(c2ccccc2)C(=O)O1. The molecule has 1 aromatic carbocycles. The van der Waals surface area contributed by atoms with Gasteiger partial charge in [0, 0.05) is 12.1 Å². The average molecular weight is 276 g/mol. The Balaban J connectivity index is 1.85. The minimum Gasteiger partial charge on any atom is -0.442 e. The van der Waals surface area contributed by atoms with E-state index in [-0.39, 0.29) is 18.1 Å². The number of ether oxygens (including phenoxy) is 1. The predicted molar refractivity (Wildman–Crippen MR) is 76.5 cm³/mol. The number of hydrogen-bond acceptors (Lipinski definition) is 3. The standard InChI is InChI=1S/C15H20N2O3/c1-11(2)8-14(18)16-9-13-10-17(15(19)20-13)12-6-4-3-5-7-12/h3-7,11,13H,8-10H2,1-2H3,(H,16,18). The zero-order chi connectivity index (χ0) is 14.5. The molecule has 0 aromatic heterocycles. The van der Waals surface area contributed by atoms with E-state index in [4.69, 9.17) is 4.74 Å². The van der Waals surface area contributed by atoms with Gasteiger partial charge in [0.1, 0.15) is 6.10 Å². The van der Waals surface area contributed by atoms with Gasteiger partial charge >= 0.3 is 6.09 Å². The Morgan fingerprint density at radius 3 is 2.75 bits per heavy atom. The van der Waals surface area contributed by atoms with Crippen molar-refractivity contribution in [2.75, 3.05) is 18.0 Å². The summed E-state index contributed by atoms with van der Waals surface area (Å²) in [6.07, 6.45) is -0.165. The van der Waals surface area contributed by atoms with E-state index in [0.29, 0.717) is 25.4 Å². The molecule has 1 atom stereocenters. The van der Waals surface area contributed by atoms with Gasteiger partial charge in [0.2, 0.25) is 5.91 Å². The Labute approximate surface area is 118 Å². The van der Waals surface area contributed by atoms with Crippen molar-refractivity contribution in [2.24, 2.45) is 5.92 Å². The van der Waals surface area contributed by atoms with Crippen molar-refractivity contribution in [3.63, 3.8) is 0 Å². The topological polar surface area (TPSA) is 58.6 Å². The first-order valence-corrected chi connectivity index (χ1v) is 6.86. The van der Waals surface area contributed by atoms with Gasteiger partial charge in [-0.1, -0.05) is 32.0 Å². The van der Waals surface area contributed by atoms with Crippen LogP contribution in [0.5, 0.6) is 0 Å². The van der Waals surface area contributed by atoms with E-state index in [9.17, 15) is 9.59 Å². The van der Waals surface area contributed by atoms with E-state index < -0.39 is 0 Å². The van der Waals surface area contributed by atoms with Gasteiger partial charge in [0.25, 0.3) is 0 Å². The monoisotopic (exact) mass is 276 g/mol. The van der Waals surface area contributed by atoms with E-state index in [1.54, 1.807) is 4.90 Å². The molecule has 0 saturated carbocycles. The highest BCUT2D eigenvalue weighted by atomic mass is 16.6. The third-order valence-electron chi connectivity index (χ3n) is 3.06. The van der Waals surface area contributed by atoms with Crippen LogP contribution in [0.15, 0.2) is 30.3 Å². The molecule has 0 bridgehead atoms. The molecule has 0 spiro atoms. The molecule has 1 aliphatic heterocycles. The minimum absolute atomic E-state index is 0.00536. The maximum Gasteiger partial charge on any atom is 0.414 e. The minimum atomic E-state index is -0.362. The van der Waals surface area contributed by atoms with E-state index >= 15 is 0 Å². The normalized spacial score (nSPS) is 18.2. The molecule has 5 nitrogen and oxygen atoms in total. The first-order chi connectivity index (χ1) is 9.56. The van der Waals surface area contributed by atoms with Gasteiger partial charge in [-0.05, 0) is 18.1 Å². The molecule has 2 amide bonds. The number of para-hydroxylation sites is 1. The maximum absolute atomic E-state index is 11.8. The van der Waals surface area contributed by atoms with Crippen LogP contribution in [0.3, 0.4) is 0 Å². The molecule has 108 valence electrons. The third kappa shape index (κ3) is 3.73. The highest BCUT2D eigenvalue weighted by molar-refractivity contribution is 5.89. The number of anilines is 1. The van der Waals surface area contributed by atoms with Gasteiger partial charge in [-0.15, -0.1) is 0 Å². The van der Waals surface area contributed by atoms with Crippen molar-refractivity contribution in [1.29, 1.82) is 0 Å². The summed E-state index contributed by atoms with van der Waals surface area (Å²) in [4.78, 5) is 25.0. The fraction of sp³-hybridized carbons (Fsp3) is 0.467. The number of nitrogens with one attached hydrogen (secondary N) is 1. The van der Waals surface area contributed by atoms with E-state index in [2.05, 4.69) is 5.32 Å². The van der Waals surface area contributed by atoms with Crippen molar-refractivity contribution in [2.45, 2.75) is 26.4 Å². The van der Waals surface area contributed by atoms with E-state index in [1.165, 1.54) is 0 Å². The van der Waals surface area contributed by atoms with Gasteiger partial charge in [0.05, 0.1) is 13.1 Å². The second-order valence-electron chi connectivity index (χ2n) is 5.35. The molecule has 20 heavy (non-hydrogen) atoms. The van der Waals surface area contributed by atoms with Crippen LogP contribution in [0.1, 0.15) is 20.3 Å². The largest absolute Gasteiger partial charge is 0.442 e. The molecule has 5 heteroatoms. The molecular formula is C15H20N2O3. The highest BCUT2D eigenvalue weighted by Crippen LogP contribution is 2.20. The number of amides is 2. The summed E-state index contributed by atoms with van der Waals surface area (Å²) >= 11 is 0. The van der Waals surface area contributed by atoms with Crippen LogP contribution in [0, 0.1) is 5.92 Å². The molecule has 1 aliphatic rings. The summed E-state index contributed by atoms with van der Waals surface area (Å²) in [6, 6.07) is 9.37. The molecule has 1 fully saturated rings. The van der Waals surface area contributed by atoms with Crippen molar-refractivity contribution in [3.05, 3.63) is 30.3 Å². The Morgan fingerprint density at radius 2 is 2.10 bits per heavy atom. The lowest BCUT2D eigenvalue weighted by Crippen LogP contribution is -2.35. The van der Waals surface area contributed by atoms with Crippen LogP contribution < -0.4 is 10.2 Å². The molecule has 1 aromatic rings. The molecule has 1 N–H and O–H groups in total. The van der Waals surface area contributed by atoms with Gasteiger partial charge in [-0.25, -0.2) is 4.79 Å². The number of cyclic esters (lactones) is 1. The molecule has 1 heterocycles. The van der Waals surface area contributed by atoms with Crippen LogP contribution in [0.4, 0.5) is 10.5 Å². The Morgan fingerprint density at radius 1 is 1.40 bits per heavy atom. The predicted octanol–water partition coefficient (Wildman–Crippen LogP) is 2.17. The van der Waals surface area contributed by atoms with E-state index in [0.717, 1.165) is 5.69 Å². The van der Waals surface area contributed by atoms with Crippen molar-refractivity contribution in [1.82, 2.24) is 5.32 Å². The smallest absolute Gasteiger partial charge is 0.414 e. The van der Waals surface area contributed by atoms with Crippen molar-refractivity contribution >= 4 is 17.7 Å². The first kappa shape index (κ1) is 14.4. The lowest BCUT2D eigenvalue weighted by molar-refractivity contribution is -0.122. The summed E-state index contributed by atoms with van der Waals surface area (Å²) in [6.45, 7) is 4.81. The van der Waals surface area contributed by atoms with Gasteiger partial charge < -0.3 is 10.1 Å². The Kier molecular flexibility index (Phi) is 4.61. The average Bonchev–Trinajstić information content (AvgIpc) is 2.78. The second-order valence-corrected chi connectivity index (χ2v) is 5.35. The number of carbonyl (C=O) groups excluding carboxylic acids is 2. The molecule has 1 saturated heterocycles. The zero-order valence-corrected chi connectivity index (χ0v) is 11.8. The number of hydrogen-bond donors (Lipinski definition) is 1. The maximum atomic E-state index is 11.8. The summed E-state index contributed by atoms with van der Waals surface area (Å²) in [5.41, 5.74) is 0.813. The highest BCUT2D eigenvalue weighted by Gasteiger charge is 2.32. The van der Waals surface area contributed by atoms with Crippen LogP contribution in [0.25, 0.3) is 0 Å². The van der Waals surface area contributed by atoms with Crippen molar-refractivity contribution in [3.8, 4) is 0 Å². The summed E-state index contributed by atoms with van der Waals surface area (Å²) in [7, 11) is 0. The molecule has 0 aliphatic carbocycles. The summed E-state index contributed by atoms with van der Waals surface area (Å²) in [5, 5.41) is 2.81. The summed E-state index contributed by atoms with van der Waals surface area (Å²) in [5.74, 6) is 0.316. The quantitative estimate of drug-likeness (QED) is 0.896. The van der Waals surface area contributed by atoms with Gasteiger partial charge in [0.15, 0.2) is 0 Å². The van der Waals surface area contributed by atoms with Gasteiger partial charge in [-0.2, -0.15) is 0 Å². The van der Waals surface area contributed by atoms with Crippen LogP contribution >= 0.6 is 0 Å². The fourth-order valence-corrected chi connectivity index (χ4v) is 2.12. The Hall–Kier alpha value is -2.04. The molecule has 1 unspecified atom stereocenters. The number of nitrogens with zero attached hydrogens (tertiary/aromatic N) is 1. The molecule has 2 rings (SSSR count). The number of carbonyl (C=O) groups is 2. The zero-order valence-electron chi connectivity index (χ0n) is 11.8. The van der Waals surface area contributed by atoms with Crippen molar-refractivity contribution < 1.29 is 14.3 Å².